The Morgan fingerprint density at radius 3 is 2.62 bits per heavy atom. The van der Waals surface area contributed by atoms with Gasteiger partial charge in [0, 0.05) is 0 Å². The molecule has 0 amide bonds. The van der Waals surface area contributed by atoms with E-state index < -0.39 is 0 Å². The Bertz CT molecular complexity index is 488. The van der Waals surface area contributed by atoms with Gasteiger partial charge in [0.2, 0.25) is 0 Å². The fraction of sp³-hybridized carbons (Fsp3) is 0.611. The normalized spacial score (nSPS) is 17.2. The summed E-state index contributed by atoms with van der Waals surface area (Å²) < 4.78 is 5.79. The lowest BCUT2D eigenvalue weighted by Crippen LogP contribution is -2.36. The van der Waals surface area contributed by atoms with Crippen LogP contribution in [0.3, 0.4) is 0 Å². The zero-order valence-corrected chi connectivity index (χ0v) is 13.7. The predicted octanol–water partition coefficient (Wildman–Crippen LogP) is 3.70. The monoisotopic (exact) mass is 289 g/mol. The number of rotatable bonds is 5. The highest BCUT2D eigenvalue weighted by molar-refractivity contribution is 6.00. The van der Waals surface area contributed by atoms with Gasteiger partial charge < -0.3 is 4.74 Å². The van der Waals surface area contributed by atoms with E-state index in [4.69, 9.17) is 4.74 Å². The van der Waals surface area contributed by atoms with Crippen molar-refractivity contribution in [1.29, 1.82) is 0 Å². The van der Waals surface area contributed by atoms with Gasteiger partial charge >= 0.3 is 0 Å². The van der Waals surface area contributed by atoms with E-state index in [1.165, 1.54) is 12.8 Å². The first-order valence-corrected chi connectivity index (χ1v) is 7.98. The van der Waals surface area contributed by atoms with Crippen LogP contribution in [0.15, 0.2) is 18.2 Å². The van der Waals surface area contributed by atoms with Crippen LogP contribution in [0.4, 0.5) is 0 Å². The van der Waals surface area contributed by atoms with Crippen molar-refractivity contribution < 1.29 is 9.53 Å². The Morgan fingerprint density at radius 1 is 1.33 bits per heavy atom. The number of aryl methyl sites for hydroxylation is 1. The third kappa shape index (κ3) is 4.57. The standard InChI is InChI=1S/C18H27NO2/c1-13(2)21-18-6-5-15(4)11-16(18)17(20)12-19-9-7-14(3)8-10-19/h5-6,11,13-14H,7-10,12H2,1-4H3. The summed E-state index contributed by atoms with van der Waals surface area (Å²) in [5, 5.41) is 0. The van der Waals surface area contributed by atoms with E-state index in [0.717, 1.165) is 30.1 Å². The molecule has 0 aromatic heterocycles. The molecule has 1 aliphatic heterocycles. The SMILES string of the molecule is Cc1ccc(OC(C)C)c(C(=O)CN2CCC(C)CC2)c1. The lowest BCUT2D eigenvalue weighted by atomic mass is 9.98. The van der Waals surface area contributed by atoms with Crippen LogP contribution in [0.1, 0.15) is 49.5 Å². The molecule has 1 saturated heterocycles. The molecule has 21 heavy (non-hydrogen) atoms. The van der Waals surface area contributed by atoms with Crippen LogP contribution in [-0.4, -0.2) is 36.4 Å². The van der Waals surface area contributed by atoms with Gasteiger partial charge in [-0.1, -0.05) is 18.6 Å². The molecule has 116 valence electrons. The summed E-state index contributed by atoms with van der Waals surface area (Å²) in [5.74, 6) is 1.67. The molecular formula is C18H27NO2. The maximum Gasteiger partial charge on any atom is 0.180 e. The molecule has 0 bridgehead atoms. The molecule has 0 N–H and O–H groups in total. The molecule has 0 atom stereocenters. The number of benzene rings is 1. The van der Waals surface area contributed by atoms with Crippen LogP contribution in [0.2, 0.25) is 0 Å². The lowest BCUT2D eigenvalue weighted by molar-refractivity contribution is 0.0894. The van der Waals surface area contributed by atoms with E-state index in [1.807, 2.05) is 39.0 Å². The van der Waals surface area contributed by atoms with Crippen LogP contribution in [0.5, 0.6) is 5.75 Å². The summed E-state index contributed by atoms with van der Waals surface area (Å²) in [6.45, 7) is 10.8. The van der Waals surface area contributed by atoms with E-state index in [2.05, 4.69) is 11.8 Å². The number of likely N-dealkylation sites (tertiary alicyclic amines) is 1. The second-order valence-electron chi connectivity index (χ2n) is 6.55. The topological polar surface area (TPSA) is 29.5 Å². The molecule has 1 aromatic carbocycles. The molecule has 0 aliphatic carbocycles. The number of Topliss-reactive ketones (excluding diaryl/α,β-unsaturated/α-hetero) is 1. The third-order valence-corrected chi connectivity index (χ3v) is 4.04. The molecule has 3 nitrogen and oxygen atoms in total. The van der Waals surface area contributed by atoms with E-state index in [9.17, 15) is 4.79 Å². The van der Waals surface area contributed by atoms with Gasteiger partial charge in [-0.3, -0.25) is 9.69 Å². The molecule has 2 rings (SSSR count). The number of piperidine rings is 1. The maximum absolute atomic E-state index is 12.6. The fourth-order valence-corrected chi connectivity index (χ4v) is 2.73. The molecule has 1 fully saturated rings. The Morgan fingerprint density at radius 2 is 2.00 bits per heavy atom. The molecule has 3 heteroatoms. The van der Waals surface area contributed by atoms with E-state index in [0.29, 0.717) is 12.3 Å². The number of hydrogen-bond donors (Lipinski definition) is 0. The van der Waals surface area contributed by atoms with E-state index >= 15 is 0 Å². The highest BCUT2D eigenvalue weighted by Crippen LogP contribution is 2.23. The fourth-order valence-electron chi connectivity index (χ4n) is 2.73. The Hall–Kier alpha value is -1.35. The molecule has 0 spiro atoms. The van der Waals surface area contributed by atoms with Gasteiger partial charge in [-0.25, -0.2) is 0 Å². The minimum Gasteiger partial charge on any atom is -0.490 e. The number of hydrogen-bond acceptors (Lipinski definition) is 3. The Kier molecular flexibility index (Phi) is 5.40. The van der Waals surface area contributed by atoms with Gasteiger partial charge in [0.15, 0.2) is 5.78 Å². The third-order valence-electron chi connectivity index (χ3n) is 4.04. The first-order chi connectivity index (χ1) is 9.95. The van der Waals surface area contributed by atoms with Crippen molar-refractivity contribution in [3.8, 4) is 5.75 Å². The predicted molar refractivity (Wildman–Crippen MR) is 86.1 cm³/mol. The van der Waals surface area contributed by atoms with Gasteiger partial charge in [0.05, 0.1) is 18.2 Å². The first kappa shape index (κ1) is 16.0. The minimum absolute atomic E-state index is 0.0788. The van der Waals surface area contributed by atoms with Crippen molar-refractivity contribution in [3.05, 3.63) is 29.3 Å². The van der Waals surface area contributed by atoms with Crippen LogP contribution in [0.25, 0.3) is 0 Å². The highest BCUT2D eigenvalue weighted by atomic mass is 16.5. The van der Waals surface area contributed by atoms with Gasteiger partial charge in [0.1, 0.15) is 5.75 Å². The molecule has 0 radical (unpaired) electrons. The molecule has 1 aromatic rings. The number of nitrogens with zero attached hydrogens (tertiary/aromatic N) is 1. The van der Waals surface area contributed by atoms with Crippen LogP contribution < -0.4 is 4.74 Å². The van der Waals surface area contributed by atoms with Gasteiger partial charge in [-0.05, 0) is 64.8 Å². The van der Waals surface area contributed by atoms with E-state index in [1.54, 1.807) is 0 Å². The molecule has 1 aliphatic rings. The average molecular weight is 289 g/mol. The molecule has 0 unspecified atom stereocenters. The number of ketones is 1. The summed E-state index contributed by atoms with van der Waals surface area (Å²) in [6.07, 6.45) is 2.46. The summed E-state index contributed by atoms with van der Waals surface area (Å²) in [4.78, 5) is 14.9. The number of ether oxygens (including phenoxy) is 1. The zero-order chi connectivity index (χ0) is 15.4. The van der Waals surface area contributed by atoms with Gasteiger partial charge in [-0.2, -0.15) is 0 Å². The lowest BCUT2D eigenvalue weighted by Gasteiger charge is -2.29. The van der Waals surface area contributed by atoms with Crippen molar-refractivity contribution in [2.75, 3.05) is 19.6 Å². The largest absolute Gasteiger partial charge is 0.490 e. The van der Waals surface area contributed by atoms with Crippen molar-refractivity contribution in [2.45, 2.75) is 46.6 Å². The molecule has 0 saturated carbocycles. The second kappa shape index (κ2) is 7.08. The Labute approximate surface area is 128 Å². The number of carbonyl (C=O) groups excluding carboxylic acids is 1. The summed E-state index contributed by atoms with van der Waals surface area (Å²) in [7, 11) is 0. The van der Waals surface area contributed by atoms with Crippen LogP contribution in [0, 0.1) is 12.8 Å². The summed E-state index contributed by atoms with van der Waals surface area (Å²) >= 11 is 0. The first-order valence-electron chi connectivity index (χ1n) is 7.98. The summed E-state index contributed by atoms with van der Waals surface area (Å²) in [6, 6.07) is 5.87. The average Bonchev–Trinajstić information content (AvgIpc) is 2.43. The second-order valence-corrected chi connectivity index (χ2v) is 6.55. The summed E-state index contributed by atoms with van der Waals surface area (Å²) in [5.41, 5.74) is 1.82. The highest BCUT2D eigenvalue weighted by Gasteiger charge is 2.21. The minimum atomic E-state index is 0.0788. The smallest absolute Gasteiger partial charge is 0.180 e. The maximum atomic E-state index is 12.6. The molecule has 1 heterocycles. The zero-order valence-electron chi connectivity index (χ0n) is 13.7. The Balaban J connectivity index is 2.08. The van der Waals surface area contributed by atoms with Gasteiger partial charge in [-0.15, -0.1) is 0 Å². The van der Waals surface area contributed by atoms with E-state index in [-0.39, 0.29) is 11.9 Å². The van der Waals surface area contributed by atoms with Crippen molar-refractivity contribution in [3.63, 3.8) is 0 Å². The van der Waals surface area contributed by atoms with Crippen molar-refractivity contribution in [1.82, 2.24) is 4.90 Å². The van der Waals surface area contributed by atoms with Crippen LogP contribution >= 0.6 is 0 Å². The van der Waals surface area contributed by atoms with Crippen LogP contribution in [-0.2, 0) is 0 Å². The van der Waals surface area contributed by atoms with Crippen molar-refractivity contribution in [2.24, 2.45) is 5.92 Å². The quantitative estimate of drug-likeness (QED) is 0.774. The number of carbonyl (C=O) groups is 1. The van der Waals surface area contributed by atoms with Gasteiger partial charge in [0.25, 0.3) is 0 Å². The molecular weight excluding hydrogens is 262 g/mol. The van der Waals surface area contributed by atoms with Crippen molar-refractivity contribution >= 4 is 5.78 Å².